The molecule has 0 aromatic carbocycles. The molecule has 2 rings (SSSR count). The number of rotatable bonds is 2. The smallest absolute Gasteiger partial charge is 0.222 e. The van der Waals surface area contributed by atoms with E-state index in [1.54, 1.807) is 12.4 Å². The highest BCUT2D eigenvalue weighted by Crippen LogP contribution is 2.14. The van der Waals surface area contributed by atoms with Crippen LogP contribution in [-0.4, -0.2) is 35.9 Å². The molecule has 1 aliphatic rings. The maximum atomic E-state index is 10.9. The molecule has 0 saturated carbocycles. The Morgan fingerprint density at radius 3 is 2.43 bits per heavy atom. The van der Waals surface area contributed by atoms with Gasteiger partial charge in [-0.25, -0.2) is 18.4 Å². The molecule has 0 unspecified atom stereocenters. The Hall–Kier alpha value is -1.17. The number of aromatic nitrogens is 2. The van der Waals surface area contributed by atoms with Crippen molar-refractivity contribution in [3.63, 3.8) is 0 Å². The zero-order chi connectivity index (χ0) is 10.2. The molecule has 0 atom stereocenters. The summed E-state index contributed by atoms with van der Waals surface area (Å²) in [7, 11) is -2.78. The molecule has 0 bridgehead atoms. The lowest BCUT2D eigenvalue weighted by Crippen LogP contribution is -2.46. The lowest BCUT2D eigenvalue weighted by atomic mass is 10.4. The molecule has 2 heterocycles. The molecule has 1 aromatic heterocycles. The molecule has 0 aliphatic carbocycles. The molecule has 76 valence electrons. The maximum absolute atomic E-state index is 10.9. The fourth-order valence-corrected chi connectivity index (χ4v) is 2.59. The topological polar surface area (TPSA) is 72.0 Å². The van der Waals surface area contributed by atoms with Gasteiger partial charge in [-0.05, 0) is 12.5 Å². The number of hydrogen-bond donors (Lipinski definition) is 1. The van der Waals surface area contributed by atoms with E-state index in [2.05, 4.69) is 15.3 Å². The lowest BCUT2D eigenvalue weighted by Gasteiger charge is -2.26. The van der Waals surface area contributed by atoms with Crippen LogP contribution < -0.4 is 5.32 Å². The van der Waals surface area contributed by atoms with E-state index in [0.717, 1.165) is 5.56 Å². The fourth-order valence-electron chi connectivity index (χ4n) is 1.30. The van der Waals surface area contributed by atoms with E-state index in [1.165, 1.54) is 0 Å². The summed E-state index contributed by atoms with van der Waals surface area (Å²) in [6.45, 7) is 1.90. The fraction of sp³-hybridized carbons (Fsp3) is 0.500. The number of anilines is 1. The molecular formula is C8H11N3O2S. The average Bonchev–Trinajstić information content (AvgIpc) is 2.06. The van der Waals surface area contributed by atoms with Gasteiger partial charge in [-0.3, -0.25) is 0 Å². The van der Waals surface area contributed by atoms with Crippen LogP contribution in [0.15, 0.2) is 12.4 Å². The second-order valence-electron chi connectivity index (χ2n) is 3.50. The van der Waals surface area contributed by atoms with E-state index in [4.69, 9.17) is 0 Å². The van der Waals surface area contributed by atoms with E-state index < -0.39 is 9.84 Å². The second kappa shape index (κ2) is 3.20. The molecule has 1 saturated heterocycles. The van der Waals surface area contributed by atoms with Crippen LogP contribution in [0.5, 0.6) is 0 Å². The van der Waals surface area contributed by atoms with Crippen molar-refractivity contribution in [1.29, 1.82) is 0 Å². The van der Waals surface area contributed by atoms with E-state index in [1.807, 2.05) is 6.92 Å². The van der Waals surface area contributed by atoms with Gasteiger partial charge in [0, 0.05) is 12.4 Å². The van der Waals surface area contributed by atoms with Gasteiger partial charge < -0.3 is 5.32 Å². The van der Waals surface area contributed by atoms with Crippen molar-refractivity contribution in [3.05, 3.63) is 18.0 Å². The molecule has 1 aliphatic heterocycles. The van der Waals surface area contributed by atoms with Crippen LogP contribution in [0.3, 0.4) is 0 Å². The summed E-state index contributed by atoms with van der Waals surface area (Å²) in [4.78, 5) is 8.06. The predicted octanol–water partition coefficient (Wildman–Crippen LogP) is -0.00608. The maximum Gasteiger partial charge on any atom is 0.222 e. The molecule has 0 spiro atoms. The van der Waals surface area contributed by atoms with Gasteiger partial charge in [0.1, 0.15) is 0 Å². The number of hydrogen-bond acceptors (Lipinski definition) is 5. The number of sulfone groups is 1. The molecular weight excluding hydrogens is 202 g/mol. The van der Waals surface area contributed by atoms with Crippen LogP contribution in [0.25, 0.3) is 0 Å². The summed E-state index contributed by atoms with van der Waals surface area (Å²) in [5.41, 5.74) is 0.983. The van der Waals surface area contributed by atoms with Gasteiger partial charge in [0.05, 0.1) is 17.5 Å². The molecule has 0 amide bonds. The zero-order valence-electron chi connectivity index (χ0n) is 7.77. The average molecular weight is 213 g/mol. The second-order valence-corrected chi connectivity index (χ2v) is 5.66. The van der Waals surface area contributed by atoms with Crippen molar-refractivity contribution < 1.29 is 8.42 Å². The largest absolute Gasteiger partial charge is 0.349 e. The Bertz CT molecular complexity index is 414. The van der Waals surface area contributed by atoms with E-state index >= 15 is 0 Å². The molecule has 0 radical (unpaired) electrons. The van der Waals surface area contributed by atoms with Crippen molar-refractivity contribution in [2.24, 2.45) is 0 Å². The normalized spacial score (nSPS) is 20.1. The minimum atomic E-state index is -2.78. The predicted molar refractivity (Wildman–Crippen MR) is 52.8 cm³/mol. The highest BCUT2D eigenvalue weighted by Gasteiger charge is 2.33. The summed E-state index contributed by atoms with van der Waals surface area (Å²) in [5, 5.41) is 2.96. The van der Waals surface area contributed by atoms with Gasteiger partial charge in [-0.2, -0.15) is 0 Å². The zero-order valence-corrected chi connectivity index (χ0v) is 8.58. The van der Waals surface area contributed by atoms with Crippen molar-refractivity contribution in [1.82, 2.24) is 9.97 Å². The van der Waals surface area contributed by atoms with E-state index in [9.17, 15) is 8.42 Å². The van der Waals surface area contributed by atoms with Crippen LogP contribution >= 0.6 is 0 Å². The Morgan fingerprint density at radius 1 is 1.36 bits per heavy atom. The van der Waals surface area contributed by atoms with Crippen LogP contribution in [0.1, 0.15) is 5.56 Å². The Kier molecular flexibility index (Phi) is 2.14. The van der Waals surface area contributed by atoms with E-state index in [-0.39, 0.29) is 17.5 Å². The van der Waals surface area contributed by atoms with Crippen LogP contribution in [0.4, 0.5) is 5.95 Å². The summed E-state index contributed by atoms with van der Waals surface area (Å²) < 4.78 is 21.7. The third kappa shape index (κ3) is 2.01. The Labute approximate surface area is 82.5 Å². The summed E-state index contributed by atoms with van der Waals surface area (Å²) >= 11 is 0. The highest BCUT2D eigenvalue weighted by molar-refractivity contribution is 7.92. The van der Waals surface area contributed by atoms with Gasteiger partial charge in [-0.1, -0.05) is 0 Å². The third-order valence-electron chi connectivity index (χ3n) is 2.02. The lowest BCUT2D eigenvalue weighted by molar-refractivity contribution is 0.570. The highest BCUT2D eigenvalue weighted by atomic mass is 32.2. The van der Waals surface area contributed by atoms with Gasteiger partial charge in [-0.15, -0.1) is 0 Å². The van der Waals surface area contributed by atoms with Crippen LogP contribution in [0.2, 0.25) is 0 Å². The van der Waals surface area contributed by atoms with Crippen molar-refractivity contribution >= 4 is 15.8 Å². The molecule has 14 heavy (non-hydrogen) atoms. The van der Waals surface area contributed by atoms with Gasteiger partial charge in [0.25, 0.3) is 0 Å². The minimum absolute atomic E-state index is 0.0253. The van der Waals surface area contributed by atoms with E-state index in [0.29, 0.717) is 5.95 Å². The first-order valence-electron chi connectivity index (χ1n) is 4.31. The Morgan fingerprint density at radius 2 is 1.93 bits per heavy atom. The van der Waals surface area contributed by atoms with Crippen molar-refractivity contribution in [2.45, 2.75) is 13.0 Å². The first-order valence-corrected chi connectivity index (χ1v) is 6.13. The number of nitrogens with zero attached hydrogens (tertiary/aromatic N) is 2. The monoisotopic (exact) mass is 213 g/mol. The third-order valence-corrected chi connectivity index (χ3v) is 3.84. The van der Waals surface area contributed by atoms with Crippen molar-refractivity contribution in [2.75, 3.05) is 16.8 Å². The first-order chi connectivity index (χ1) is 6.55. The standard InChI is InChI=1S/C8H11N3O2S/c1-6-2-9-8(10-3-6)11-7-4-14(12,13)5-7/h2-3,7H,4-5H2,1H3,(H,9,10,11). The van der Waals surface area contributed by atoms with Gasteiger partial charge in [0.2, 0.25) is 5.95 Å². The molecule has 1 fully saturated rings. The summed E-state index contributed by atoms with van der Waals surface area (Å²) in [5.74, 6) is 0.865. The quantitative estimate of drug-likeness (QED) is 0.748. The Balaban J connectivity index is 1.97. The number of aryl methyl sites for hydroxylation is 1. The van der Waals surface area contributed by atoms with Crippen molar-refractivity contribution in [3.8, 4) is 0 Å². The van der Waals surface area contributed by atoms with Gasteiger partial charge in [0.15, 0.2) is 9.84 Å². The van der Waals surface area contributed by atoms with Crippen LogP contribution in [0, 0.1) is 6.92 Å². The molecule has 5 nitrogen and oxygen atoms in total. The van der Waals surface area contributed by atoms with Gasteiger partial charge >= 0.3 is 0 Å². The summed E-state index contributed by atoms with van der Waals surface area (Å²) in [6.07, 6.45) is 3.39. The molecule has 6 heteroatoms. The minimum Gasteiger partial charge on any atom is -0.349 e. The number of nitrogens with one attached hydrogen (secondary N) is 1. The molecule has 1 N–H and O–H groups in total. The summed E-state index contributed by atoms with van der Waals surface area (Å²) in [6, 6.07) is -0.0253. The first kappa shape index (κ1) is 9.39. The molecule has 1 aromatic rings. The SMILES string of the molecule is Cc1cnc(NC2CS(=O)(=O)C2)nc1. The van der Waals surface area contributed by atoms with Crippen LogP contribution in [-0.2, 0) is 9.84 Å².